The van der Waals surface area contributed by atoms with Crippen molar-refractivity contribution in [2.75, 3.05) is 14.7 Å². The van der Waals surface area contributed by atoms with Crippen LogP contribution in [-0.4, -0.2) is 9.13 Å². The number of aromatic nitrogens is 2. The summed E-state index contributed by atoms with van der Waals surface area (Å²) in [5.41, 5.74) is 25.1. The number of para-hydroxylation sites is 8. The van der Waals surface area contributed by atoms with Crippen molar-refractivity contribution in [2.24, 2.45) is 0 Å². The molecule has 0 saturated heterocycles. The Labute approximate surface area is 556 Å². The van der Waals surface area contributed by atoms with E-state index in [1.54, 1.807) is 0 Å². The Morgan fingerprint density at radius 2 is 0.448 bits per heavy atom. The summed E-state index contributed by atoms with van der Waals surface area (Å²) >= 11 is 0. The van der Waals surface area contributed by atoms with E-state index in [0.717, 1.165) is 118 Å². The van der Waals surface area contributed by atoms with Gasteiger partial charge in [-0.1, -0.05) is 206 Å². The molecule has 0 amide bonds. The molecule has 0 bridgehead atoms. The zero-order chi connectivity index (χ0) is 63.5. The zero-order valence-electron chi connectivity index (χ0n) is 52.4. The highest BCUT2D eigenvalue weighted by molar-refractivity contribution is 6.11. The van der Waals surface area contributed by atoms with E-state index in [1.165, 1.54) is 43.6 Å². The predicted molar refractivity (Wildman–Crippen MR) is 403 cm³/mol. The maximum Gasteiger partial charge on any atom is 0.143 e. The van der Waals surface area contributed by atoms with Crippen LogP contribution < -0.4 is 14.7 Å². The van der Waals surface area contributed by atoms with E-state index >= 15 is 0 Å². The number of furan rings is 1. The summed E-state index contributed by atoms with van der Waals surface area (Å²) in [6, 6.07) is 133. The summed E-state index contributed by atoms with van der Waals surface area (Å²) in [7, 11) is 0. The average molecular weight is 1230 g/mol. The first-order valence-corrected chi connectivity index (χ1v) is 32.7. The molecule has 0 aliphatic carbocycles. The van der Waals surface area contributed by atoms with Gasteiger partial charge >= 0.3 is 0 Å². The second-order valence-corrected chi connectivity index (χ2v) is 24.5. The lowest BCUT2D eigenvalue weighted by Gasteiger charge is -2.27. The zero-order valence-corrected chi connectivity index (χ0v) is 52.4. The van der Waals surface area contributed by atoms with Crippen LogP contribution in [0.5, 0.6) is 0 Å². The minimum Gasteiger partial charge on any atom is -0.455 e. The molecule has 96 heavy (non-hydrogen) atoms. The molecule has 0 atom stereocenters. The maximum atomic E-state index is 6.52. The third kappa shape index (κ3) is 9.83. The molecule has 0 N–H and O–H groups in total. The fourth-order valence-corrected chi connectivity index (χ4v) is 14.4. The quantitative estimate of drug-likeness (QED) is 0.109. The molecule has 3 aromatic heterocycles. The monoisotopic (exact) mass is 1230 g/mol. The highest BCUT2D eigenvalue weighted by Gasteiger charge is 2.21. The molecule has 15 aromatic carbocycles. The van der Waals surface area contributed by atoms with E-state index in [0.29, 0.717) is 0 Å². The van der Waals surface area contributed by atoms with Crippen LogP contribution >= 0.6 is 0 Å². The van der Waals surface area contributed by atoms with Crippen LogP contribution in [0.2, 0.25) is 0 Å². The third-order valence-electron chi connectivity index (χ3n) is 18.9. The van der Waals surface area contributed by atoms with Crippen molar-refractivity contribution in [3.05, 3.63) is 370 Å². The van der Waals surface area contributed by atoms with E-state index in [4.69, 9.17) is 4.42 Å². The fraction of sp³-hybridized carbons (Fsp3) is 0. The van der Waals surface area contributed by atoms with Gasteiger partial charge in [0.15, 0.2) is 0 Å². The summed E-state index contributed by atoms with van der Waals surface area (Å²) in [5.74, 6) is 0. The molecule has 0 saturated carbocycles. The SMILES string of the molecule is c1ccc(N(c2ccc(-c3ccc(N(c4ccc(-c5ccc(N(c6ccccc6)c6ccc(-n7c8ccccc8c8ccccc87)cc6)cc5)cc4)c4ccc(-c5cccc6c5oc5ccccc56)cc4)cc3)cc2)c2ccc(-n3c4ccccc4c4ccccc43)cc2)cc1. The first-order valence-electron chi connectivity index (χ1n) is 32.7. The van der Waals surface area contributed by atoms with Crippen LogP contribution in [0.15, 0.2) is 374 Å². The first-order chi connectivity index (χ1) is 47.6. The summed E-state index contributed by atoms with van der Waals surface area (Å²) in [5, 5.41) is 7.24. The number of hydrogen-bond acceptors (Lipinski definition) is 4. The molecular formula is C90H61N5O. The second kappa shape index (κ2) is 23.7. The third-order valence-corrected chi connectivity index (χ3v) is 18.9. The summed E-state index contributed by atoms with van der Waals surface area (Å²) in [6.45, 7) is 0. The Morgan fingerprint density at radius 1 is 0.188 bits per heavy atom. The molecule has 0 spiro atoms. The minimum atomic E-state index is 0.890. The number of benzene rings is 15. The van der Waals surface area contributed by atoms with Crippen molar-refractivity contribution < 1.29 is 4.42 Å². The van der Waals surface area contributed by atoms with Gasteiger partial charge in [0, 0.05) is 100 Å². The van der Waals surface area contributed by atoms with Crippen molar-refractivity contribution in [1.29, 1.82) is 0 Å². The van der Waals surface area contributed by atoms with Gasteiger partial charge in [-0.2, -0.15) is 0 Å². The Balaban J connectivity index is 0.652. The van der Waals surface area contributed by atoms with Gasteiger partial charge in [-0.3, -0.25) is 0 Å². The number of nitrogens with zero attached hydrogens (tertiary/aromatic N) is 5. The van der Waals surface area contributed by atoms with Crippen LogP contribution in [0, 0.1) is 0 Å². The molecule has 6 heteroatoms. The van der Waals surface area contributed by atoms with Crippen LogP contribution in [0.4, 0.5) is 51.2 Å². The van der Waals surface area contributed by atoms with Gasteiger partial charge in [0.25, 0.3) is 0 Å². The molecule has 0 aliphatic rings. The van der Waals surface area contributed by atoms with E-state index < -0.39 is 0 Å². The average Bonchev–Trinajstić information content (AvgIpc) is 1.69. The molecule has 0 aliphatic heterocycles. The fourth-order valence-electron chi connectivity index (χ4n) is 14.4. The van der Waals surface area contributed by atoms with Crippen LogP contribution in [0.1, 0.15) is 0 Å². The van der Waals surface area contributed by atoms with Gasteiger partial charge in [0.05, 0.1) is 22.1 Å². The van der Waals surface area contributed by atoms with Crippen molar-refractivity contribution in [1.82, 2.24) is 9.13 Å². The van der Waals surface area contributed by atoms with Gasteiger partial charge in [-0.15, -0.1) is 0 Å². The second-order valence-electron chi connectivity index (χ2n) is 24.5. The molecule has 452 valence electrons. The minimum absolute atomic E-state index is 0.890. The summed E-state index contributed by atoms with van der Waals surface area (Å²) in [4.78, 5) is 7.01. The number of fused-ring (bicyclic) bond motifs is 9. The highest BCUT2D eigenvalue weighted by Crippen LogP contribution is 2.44. The summed E-state index contributed by atoms with van der Waals surface area (Å²) < 4.78 is 11.3. The lowest BCUT2D eigenvalue weighted by Crippen LogP contribution is -2.10. The van der Waals surface area contributed by atoms with Gasteiger partial charge < -0.3 is 28.3 Å². The van der Waals surface area contributed by atoms with Gasteiger partial charge in [0.2, 0.25) is 0 Å². The molecule has 6 nitrogen and oxygen atoms in total. The normalized spacial score (nSPS) is 11.5. The number of hydrogen-bond donors (Lipinski definition) is 0. The Kier molecular flexibility index (Phi) is 13.8. The number of rotatable bonds is 14. The van der Waals surface area contributed by atoms with Crippen LogP contribution in [-0.2, 0) is 0 Å². The predicted octanol–water partition coefficient (Wildman–Crippen LogP) is 25.2. The summed E-state index contributed by atoms with van der Waals surface area (Å²) in [6.07, 6.45) is 0. The van der Waals surface area contributed by atoms with Crippen molar-refractivity contribution in [3.63, 3.8) is 0 Å². The standard InChI is InChI=1S/C90H61N5O/c1-3-18-67(19-4-1)91(74-54-58-76(59-55-74)94-85-29-12-7-22-79(85)80-23-8-13-30-86(80)94)69-44-34-62(35-45-69)64-38-48-71(49-39-64)93(73-52-42-66(43-53-73)78-27-17-28-84-83-26-11-16-33-89(83)96-90(78)84)72-50-40-65(41-51-72)63-36-46-70(47-37-63)92(68-20-5-2-6-21-68)75-56-60-77(61-57-75)95-87-31-14-9-24-81(87)82-25-10-15-32-88(82)95/h1-61H. The largest absolute Gasteiger partial charge is 0.455 e. The van der Waals surface area contributed by atoms with Crippen LogP contribution in [0.25, 0.3) is 110 Å². The molecule has 0 fully saturated rings. The van der Waals surface area contributed by atoms with E-state index in [9.17, 15) is 0 Å². The van der Waals surface area contributed by atoms with E-state index in [1.807, 2.05) is 12.1 Å². The topological polar surface area (TPSA) is 32.7 Å². The van der Waals surface area contributed by atoms with Gasteiger partial charge in [-0.05, 0) is 192 Å². The lowest BCUT2D eigenvalue weighted by atomic mass is 10.0. The smallest absolute Gasteiger partial charge is 0.143 e. The van der Waals surface area contributed by atoms with Crippen molar-refractivity contribution in [3.8, 4) is 44.8 Å². The molecule has 0 unspecified atom stereocenters. The molecule has 18 aromatic rings. The van der Waals surface area contributed by atoms with Crippen molar-refractivity contribution in [2.45, 2.75) is 0 Å². The molecule has 3 heterocycles. The Hall–Kier alpha value is -12.9. The number of anilines is 9. The van der Waals surface area contributed by atoms with Crippen LogP contribution in [0.3, 0.4) is 0 Å². The first kappa shape index (κ1) is 55.9. The highest BCUT2D eigenvalue weighted by atomic mass is 16.3. The maximum absolute atomic E-state index is 6.52. The molecule has 0 radical (unpaired) electrons. The van der Waals surface area contributed by atoms with Gasteiger partial charge in [0.1, 0.15) is 11.2 Å². The lowest BCUT2D eigenvalue weighted by molar-refractivity contribution is 0.670. The van der Waals surface area contributed by atoms with Gasteiger partial charge in [-0.25, -0.2) is 0 Å². The Bertz CT molecular complexity index is 5440. The molecular weight excluding hydrogens is 1170 g/mol. The van der Waals surface area contributed by atoms with E-state index in [-0.39, 0.29) is 0 Å². The van der Waals surface area contributed by atoms with E-state index in [2.05, 4.69) is 382 Å². The molecule has 18 rings (SSSR count). The van der Waals surface area contributed by atoms with Crippen molar-refractivity contribution >= 4 is 117 Å². The Morgan fingerprint density at radius 3 is 0.792 bits per heavy atom.